The molecule has 2 aromatic rings. The third-order valence-electron chi connectivity index (χ3n) is 4.32. The molecule has 1 aliphatic heterocycles. The molecule has 0 bridgehead atoms. The summed E-state index contributed by atoms with van der Waals surface area (Å²) in [6.07, 6.45) is 2.11. The summed E-state index contributed by atoms with van der Waals surface area (Å²) in [7, 11) is 0. The monoisotopic (exact) mass is 285 g/mol. The molecule has 2 heterocycles. The van der Waals surface area contributed by atoms with Crippen molar-refractivity contribution in [1.82, 2.24) is 10.1 Å². The van der Waals surface area contributed by atoms with Crippen LogP contribution in [0.15, 0.2) is 34.9 Å². The molecule has 0 aliphatic carbocycles. The quantitative estimate of drug-likeness (QED) is 0.942. The van der Waals surface area contributed by atoms with Crippen LogP contribution in [0.1, 0.15) is 31.1 Å². The Morgan fingerprint density at radius 3 is 2.81 bits per heavy atom. The minimum Gasteiger partial charge on any atom is -0.359 e. The van der Waals surface area contributed by atoms with Crippen LogP contribution in [0.25, 0.3) is 11.3 Å². The van der Waals surface area contributed by atoms with Gasteiger partial charge in [0.15, 0.2) is 5.76 Å². The van der Waals surface area contributed by atoms with Crippen molar-refractivity contribution in [3.05, 3.63) is 41.7 Å². The molecule has 0 saturated carbocycles. The molecule has 1 saturated heterocycles. The molecule has 4 nitrogen and oxygen atoms in total. The average molecular weight is 285 g/mol. The van der Waals surface area contributed by atoms with E-state index >= 15 is 0 Å². The lowest BCUT2D eigenvalue weighted by Crippen LogP contribution is -2.44. The number of likely N-dealkylation sites (tertiary alicyclic amines) is 1. The Hall–Kier alpha value is -1.65. The van der Waals surface area contributed by atoms with Crippen LogP contribution in [0.2, 0.25) is 0 Å². The summed E-state index contributed by atoms with van der Waals surface area (Å²) in [5.41, 5.74) is 9.27. The minimum absolute atomic E-state index is 0.342. The molecule has 0 spiro atoms. The van der Waals surface area contributed by atoms with Crippen molar-refractivity contribution in [2.24, 2.45) is 5.73 Å². The van der Waals surface area contributed by atoms with Gasteiger partial charge in [0.1, 0.15) is 5.69 Å². The highest BCUT2D eigenvalue weighted by atomic mass is 16.5. The summed E-state index contributed by atoms with van der Waals surface area (Å²) in [6, 6.07) is 11.2. The molecule has 1 aliphatic rings. The van der Waals surface area contributed by atoms with Crippen LogP contribution in [-0.4, -0.2) is 28.7 Å². The topological polar surface area (TPSA) is 55.3 Å². The largest absolute Gasteiger partial charge is 0.359 e. The summed E-state index contributed by atoms with van der Waals surface area (Å²) < 4.78 is 5.50. The van der Waals surface area contributed by atoms with Gasteiger partial charge in [0, 0.05) is 30.3 Å². The van der Waals surface area contributed by atoms with Crippen molar-refractivity contribution in [2.75, 3.05) is 6.54 Å². The first-order valence-corrected chi connectivity index (χ1v) is 7.64. The van der Waals surface area contributed by atoms with Gasteiger partial charge < -0.3 is 10.3 Å². The van der Waals surface area contributed by atoms with E-state index in [4.69, 9.17) is 10.3 Å². The predicted molar refractivity (Wildman–Crippen MR) is 83.8 cm³/mol. The second-order valence-corrected chi connectivity index (χ2v) is 6.15. The van der Waals surface area contributed by atoms with Crippen molar-refractivity contribution in [1.29, 1.82) is 0 Å². The maximum atomic E-state index is 6.01. The van der Waals surface area contributed by atoms with Gasteiger partial charge in [-0.15, -0.1) is 0 Å². The smallest absolute Gasteiger partial charge is 0.151 e. The first-order chi connectivity index (χ1) is 10.1. The number of hydrogen-bond acceptors (Lipinski definition) is 4. The zero-order valence-corrected chi connectivity index (χ0v) is 12.7. The standard InChI is InChI=1S/C17H23N3O/c1-12-3-5-14(6-4-12)17-10-16(21-19-17)11-20-8-7-15(18)9-13(20)2/h3-6,10,13,15H,7-9,11,18H2,1-2H3. The Labute approximate surface area is 125 Å². The Morgan fingerprint density at radius 2 is 2.10 bits per heavy atom. The van der Waals surface area contributed by atoms with Crippen LogP contribution in [0.4, 0.5) is 0 Å². The number of hydrogen-bond donors (Lipinski definition) is 1. The lowest BCUT2D eigenvalue weighted by Gasteiger charge is -2.35. The third-order valence-corrected chi connectivity index (χ3v) is 4.32. The minimum atomic E-state index is 0.342. The molecule has 21 heavy (non-hydrogen) atoms. The molecule has 2 atom stereocenters. The van der Waals surface area contributed by atoms with E-state index in [1.165, 1.54) is 5.56 Å². The Balaban J connectivity index is 1.69. The second-order valence-electron chi connectivity index (χ2n) is 6.15. The van der Waals surface area contributed by atoms with Crippen LogP contribution in [0, 0.1) is 6.92 Å². The van der Waals surface area contributed by atoms with E-state index in [1.54, 1.807) is 0 Å². The van der Waals surface area contributed by atoms with E-state index in [-0.39, 0.29) is 0 Å². The highest BCUT2D eigenvalue weighted by Crippen LogP contribution is 2.23. The van der Waals surface area contributed by atoms with Gasteiger partial charge in [0.25, 0.3) is 0 Å². The zero-order valence-electron chi connectivity index (χ0n) is 12.7. The fourth-order valence-electron chi connectivity index (χ4n) is 2.94. The molecular formula is C17H23N3O. The average Bonchev–Trinajstić information content (AvgIpc) is 2.91. The molecule has 1 aromatic carbocycles. The van der Waals surface area contributed by atoms with Crippen LogP contribution in [0.5, 0.6) is 0 Å². The van der Waals surface area contributed by atoms with Crippen LogP contribution in [0.3, 0.4) is 0 Å². The highest BCUT2D eigenvalue weighted by molar-refractivity contribution is 5.59. The number of rotatable bonds is 3. The molecule has 2 unspecified atom stereocenters. The van der Waals surface area contributed by atoms with Crippen molar-refractivity contribution in [2.45, 2.75) is 45.3 Å². The van der Waals surface area contributed by atoms with Crippen molar-refractivity contribution < 1.29 is 4.52 Å². The van der Waals surface area contributed by atoms with Gasteiger partial charge in [-0.3, -0.25) is 4.90 Å². The normalized spacial score (nSPS) is 23.4. The number of nitrogens with zero attached hydrogens (tertiary/aromatic N) is 2. The van der Waals surface area contributed by atoms with E-state index in [1.807, 2.05) is 6.07 Å². The summed E-state index contributed by atoms with van der Waals surface area (Å²) in [5, 5.41) is 4.20. The van der Waals surface area contributed by atoms with Crippen molar-refractivity contribution in [3.63, 3.8) is 0 Å². The first kappa shape index (κ1) is 14.3. The molecule has 0 amide bonds. The number of aromatic nitrogens is 1. The van der Waals surface area contributed by atoms with Gasteiger partial charge in [0.2, 0.25) is 0 Å². The molecule has 1 fully saturated rings. The zero-order chi connectivity index (χ0) is 14.8. The van der Waals surface area contributed by atoms with Gasteiger partial charge >= 0.3 is 0 Å². The van der Waals surface area contributed by atoms with E-state index < -0.39 is 0 Å². The SMILES string of the molecule is Cc1ccc(-c2cc(CN3CCC(N)CC3C)on2)cc1. The fraction of sp³-hybridized carbons (Fsp3) is 0.471. The van der Waals surface area contributed by atoms with E-state index in [9.17, 15) is 0 Å². The Kier molecular flexibility index (Phi) is 4.08. The van der Waals surface area contributed by atoms with Crippen molar-refractivity contribution >= 4 is 0 Å². The number of aryl methyl sites for hydroxylation is 1. The summed E-state index contributed by atoms with van der Waals surface area (Å²) >= 11 is 0. The maximum absolute atomic E-state index is 6.01. The molecule has 0 radical (unpaired) electrons. The summed E-state index contributed by atoms with van der Waals surface area (Å²) in [4.78, 5) is 2.42. The molecule has 2 N–H and O–H groups in total. The molecule has 1 aromatic heterocycles. The Bertz CT molecular complexity index is 590. The lowest BCUT2D eigenvalue weighted by atomic mass is 9.99. The van der Waals surface area contributed by atoms with Gasteiger partial charge in [-0.2, -0.15) is 0 Å². The molecule has 112 valence electrons. The summed E-state index contributed by atoms with van der Waals surface area (Å²) in [5.74, 6) is 0.924. The third kappa shape index (κ3) is 3.34. The van der Waals surface area contributed by atoms with E-state index in [0.29, 0.717) is 12.1 Å². The number of benzene rings is 1. The van der Waals surface area contributed by atoms with Gasteiger partial charge in [-0.05, 0) is 26.7 Å². The molecular weight excluding hydrogens is 262 g/mol. The van der Waals surface area contributed by atoms with E-state index in [2.05, 4.69) is 48.2 Å². The molecule has 3 rings (SSSR count). The van der Waals surface area contributed by atoms with E-state index in [0.717, 1.165) is 42.9 Å². The predicted octanol–water partition coefficient (Wildman–Crippen LogP) is 2.96. The van der Waals surface area contributed by atoms with Gasteiger partial charge in [-0.25, -0.2) is 0 Å². The van der Waals surface area contributed by atoms with Gasteiger partial charge in [-0.1, -0.05) is 35.0 Å². The summed E-state index contributed by atoms with van der Waals surface area (Å²) in [6.45, 7) is 6.16. The number of nitrogens with two attached hydrogens (primary N) is 1. The fourth-order valence-corrected chi connectivity index (χ4v) is 2.94. The van der Waals surface area contributed by atoms with Crippen LogP contribution in [-0.2, 0) is 6.54 Å². The second kappa shape index (κ2) is 6.00. The lowest BCUT2D eigenvalue weighted by molar-refractivity contribution is 0.126. The molecule has 4 heteroatoms. The highest BCUT2D eigenvalue weighted by Gasteiger charge is 2.24. The van der Waals surface area contributed by atoms with Crippen LogP contribution >= 0.6 is 0 Å². The van der Waals surface area contributed by atoms with Crippen molar-refractivity contribution in [3.8, 4) is 11.3 Å². The number of piperidine rings is 1. The van der Waals surface area contributed by atoms with Gasteiger partial charge in [0.05, 0.1) is 6.54 Å². The van der Waals surface area contributed by atoms with Crippen LogP contribution < -0.4 is 5.73 Å². The first-order valence-electron chi connectivity index (χ1n) is 7.64. The maximum Gasteiger partial charge on any atom is 0.151 e. The Morgan fingerprint density at radius 1 is 1.33 bits per heavy atom.